The minimum absolute atomic E-state index is 0.0677. The van der Waals surface area contributed by atoms with Crippen LogP contribution < -0.4 is 5.32 Å². The molecule has 0 aliphatic rings. The quantitative estimate of drug-likeness (QED) is 0.325. The summed E-state index contributed by atoms with van der Waals surface area (Å²) in [7, 11) is 0. The lowest BCUT2D eigenvalue weighted by molar-refractivity contribution is 0.0534. The lowest BCUT2D eigenvalue weighted by Crippen LogP contribution is -2.32. The minimum Gasteiger partial charge on any atom is -0.444 e. The van der Waals surface area contributed by atoms with Gasteiger partial charge in [-0.15, -0.1) is 11.8 Å². The number of rotatable bonds is 7. The van der Waals surface area contributed by atoms with E-state index in [0.717, 1.165) is 10.5 Å². The van der Waals surface area contributed by atoms with Gasteiger partial charge >= 0.3 is 6.09 Å². The molecule has 0 saturated heterocycles. The molecular formula is C16H21FN4O2S. The van der Waals surface area contributed by atoms with Crippen LogP contribution in [0.4, 0.5) is 9.18 Å². The molecule has 1 amide bonds. The van der Waals surface area contributed by atoms with Crippen molar-refractivity contribution in [3.8, 4) is 0 Å². The second-order valence-electron chi connectivity index (χ2n) is 5.86. The Morgan fingerprint density at radius 1 is 1.50 bits per heavy atom. The van der Waals surface area contributed by atoms with Crippen molar-refractivity contribution in [2.45, 2.75) is 37.8 Å². The lowest BCUT2D eigenvalue weighted by Gasteiger charge is -2.19. The molecule has 1 aromatic rings. The van der Waals surface area contributed by atoms with Gasteiger partial charge in [0.2, 0.25) is 0 Å². The van der Waals surface area contributed by atoms with Crippen LogP contribution in [0.1, 0.15) is 26.3 Å². The van der Waals surface area contributed by atoms with E-state index in [1.54, 1.807) is 20.8 Å². The lowest BCUT2D eigenvalue weighted by atomic mass is 10.2. The van der Waals surface area contributed by atoms with E-state index in [1.807, 2.05) is 24.3 Å². The largest absolute Gasteiger partial charge is 0.444 e. The fraction of sp³-hybridized carbons (Fsp3) is 0.438. The van der Waals surface area contributed by atoms with E-state index in [-0.39, 0.29) is 24.7 Å². The van der Waals surface area contributed by atoms with Gasteiger partial charge < -0.3 is 10.1 Å². The van der Waals surface area contributed by atoms with Crippen LogP contribution in [-0.2, 0) is 11.3 Å². The van der Waals surface area contributed by atoms with E-state index in [0.29, 0.717) is 0 Å². The summed E-state index contributed by atoms with van der Waals surface area (Å²) in [5.74, 6) is -0.183. The Kier molecular flexibility index (Phi) is 8.15. The van der Waals surface area contributed by atoms with Crippen molar-refractivity contribution in [1.29, 1.82) is 0 Å². The van der Waals surface area contributed by atoms with Gasteiger partial charge in [0.05, 0.1) is 6.54 Å². The number of thioether (sulfide) groups is 1. The Balaban J connectivity index is 2.41. The highest BCUT2D eigenvalue weighted by Crippen LogP contribution is 2.22. The Morgan fingerprint density at radius 2 is 2.25 bits per heavy atom. The van der Waals surface area contributed by atoms with Gasteiger partial charge in [-0.2, -0.15) is 0 Å². The zero-order valence-electron chi connectivity index (χ0n) is 14.0. The van der Waals surface area contributed by atoms with Crippen LogP contribution in [0, 0.1) is 0 Å². The highest BCUT2D eigenvalue weighted by Gasteiger charge is 2.15. The summed E-state index contributed by atoms with van der Waals surface area (Å²) in [6, 6.07) is 7.38. The standard InChI is InChI=1S/C16H21FN4O2S/c1-16(2,3)23-15(22)19-8-7-13(17)11-24-14-6-4-5-12(9-14)10-20-21-18/h4-7,9H,8,10-11H2,1-3H3,(H,19,22)/b13-7-. The average Bonchev–Trinajstić information content (AvgIpc) is 2.49. The molecule has 6 nitrogen and oxygen atoms in total. The van der Waals surface area contributed by atoms with Gasteiger partial charge in [0.15, 0.2) is 0 Å². The first-order chi connectivity index (χ1) is 11.3. The van der Waals surface area contributed by atoms with Crippen LogP contribution >= 0.6 is 11.8 Å². The molecule has 0 fully saturated rings. The third-order valence-electron chi connectivity index (χ3n) is 2.56. The molecule has 0 radical (unpaired) electrons. The molecule has 0 aliphatic carbocycles. The smallest absolute Gasteiger partial charge is 0.407 e. The zero-order chi connectivity index (χ0) is 18.0. The number of nitrogens with zero attached hydrogens (tertiary/aromatic N) is 3. The molecule has 0 saturated carbocycles. The van der Waals surface area contributed by atoms with Crippen molar-refractivity contribution >= 4 is 17.9 Å². The molecule has 0 aromatic heterocycles. The molecule has 0 aliphatic heterocycles. The van der Waals surface area contributed by atoms with Gasteiger partial charge in [0, 0.05) is 22.1 Å². The first kappa shape index (κ1) is 19.9. The summed E-state index contributed by atoms with van der Waals surface area (Å²) in [5, 5.41) is 5.96. The number of carbonyl (C=O) groups is 1. The highest BCUT2D eigenvalue weighted by atomic mass is 32.2. The fourth-order valence-electron chi connectivity index (χ4n) is 1.62. The van der Waals surface area contributed by atoms with Crippen molar-refractivity contribution < 1.29 is 13.9 Å². The van der Waals surface area contributed by atoms with E-state index < -0.39 is 11.7 Å². The first-order valence-electron chi connectivity index (χ1n) is 7.34. The summed E-state index contributed by atoms with van der Waals surface area (Å²) in [5.41, 5.74) is 8.60. The number of azide groups is 1. The van der Waals surface area contributed by atoms with Gasteiger partial charge in [-0.05, 0) is 50.1 Å². The summed E-state index contributed by atoms with van der Waals surface area (Å²) < 4.78 is 18.8. The van der Waals surface area contributed by atoms with E-state index in [9.17, 15) is 9.18 Å². The van der Waals surface area contributed by atoms with Crippen molar-refractivity contribution in [3.05, 3.63) is 52.2 Å². The van der Waals surface area contributed by atoms with Gasteiger partial charge in [-0.25, -0.2) is 9.18 Å². The van der Waals surface area contributed by atoms with Crippen LogP contribution in [0.25, 0.3) is 10.4 Å². The van der Waals surface area contributed by atoms with E-state index in [4.69, 9.17) is 10.3 Å². The number of carbonyl (C=O) groups excluding carboxylic acids is 1. The van der Waals surface area contributed by atoms with Gasteiger partial charge in [-0.3, -0.25) is 0 Å². The van der Waals surface area contributed by atoms with E-state index >= 15 is 0 Å². The SMILES string of the molecule is CC(C)(C)OC(=O)NC/C=C(\F)CSc1cccc(CN=[N+]=[N-])c1. The topological polar surface area (TPSA) is 87.1 Å². The molecule has 0 spiro atoms. The summed E-state index contributed by atoms with van der Waals surface area (Å²) >= 11 is 1.32. The van der Waals surface area contributed by atoms with Crippen molar-refractivity contribution in [3.63, 3.8) is 0 Å². The van der Waals surface area contributed by atoms with Gasteiger partial charge in [-0.1, -0.05) is 17.2 Å². The minimum atomic E-state index is -0.581. The third-order valence-corrected chi connectivity index (χ3v) is 3.57. The monoisotopic (exact) mass is 352 g/mol. The maximum atomic E-state index is 13.8. The van der Waals surface area contributed by atoms with Crippen molar-refractivity contribution in [1.82, 2.24) is 5.32 Å². The molecule has 24 heavy (non-hydrogen) atoms. The molecule has 1 N–H and O–H groups in total. The van der Waals surface area contributed by atoms with Crippen LogP contribution in [0.2, 0.25) is 0 Å². The predicted molar refractivity (Wildman–Crippen MR) is 93.4 cm³/mol. The van der Waals surface area contributed by atoms with Crippen LogP contribution in [0.3, 0.4) is 0 Å². The Labute approximate surface area is 145 Å². The molecule has 0 unspecified atom stereocenters. The predicted octanol–water partition coefficient (Wildman–Crippen LogP) is 4.97. The first-order valence-corrected chi connectivity index (χ1v) is 8.32. The highest BCUT2D eigenvalue weighted by molar-refractivity contribution is 7.99. The molecule has 1 aromatic carbocycles. The summed E-state index contributed by atoms with van der Waals surface area (Å²) in [4.78, 5) is 15.0. The number of benzene rings is 1. The molecule has 0 atom stereocenters. The Morgan fingerprint density at radius 3 is 2.92 bits per heavy atom. The molecule has 8 heteroatoms. The second-order valence-corrected chi connectivity index (χ2v) is 6.91. The number of amides is 1. The van der Waals surface area contributed by atoms with Crippen molar-refractivity contribution in [2.24, 2.45) is 5.11 Å². The van der Waals surface area contributed by atoms with Crippen LogP contribution in [-0.4, -0.2) is 24.0 Å². The number of halogens is 1. The second kappa shape index (κ2) is 9.85. The molecule has 1 rings (SSSR count). The molecule has 0 heterocycles. The Hall–Kier alpha value is -2.18. The average molecular weight is 352 g/mol. The number of nitrogens with one attached hydrogen (secondary N) is 1. The summed E-state index contributed by atoms with van der Waals surface area (Å²) in [6.45, 7) is 5.61. The third kappa shape index (κ3) is 9.07. The summed E-state index contributed by atoms with van der Waals surface area (Å²) in [6.07, 6.45) is 0.728. The number of hydrogen-bond donors (Lipinski definition) is 1. The number of ether oxygens (including phenoxy) is 1. The van der Waals surface area contributed by atoms with E-state index in [1.165, 1.54) is 17.8 Å². The molecule has 0 bridgehead atoms. The molecule has 130 valence electrons. The zero-order valence-corrected chi connectivity index (χ0v) is 14.8. The Bertz CT molecular complexity index is 637. The van der Waals surface area contributed by atoms with Crippen LogP contribution in [0.5, 0.6) is 0 Å². The van der Waals surface area contributed by atoms with Crippen LogP contribution in [0.15, 0.2) is 46.2 Å². The normalized spacial score (nSPS) is 11.6. The van der Waals surface area contributed by atoms with Crippen molar-refractivity contribution in [2.75, 3.05) is 12.3 Å². The maximum Gasteiger partial charge on any atom is 0.407 e. The number of alkyl carbamates (subject to hydrolysis) is 1. The van der Waals surface area contributed by atoms with Gasteiger partial charge in [0.1, 0.15) is 11.4 Å². The fourth-order valence-corrected chi connectivity index (χ4v) is 2.45. The number of hydrogen-bond acceptors (Lipinski definition) is 4. The van der Waals surface area contributed by atoms with E-state index in [2.05, 4.69) is 15.3 Å². The van der Waals surface area contributed by atoms with Gasteiger partial charge in [0.25, 0.3) is 0 Å². The maximum absolute atomic E-state index is 13.8. The molecular weight excluding hydrogens is 331 g/mol.